The Labute approximate surface area is 199 Å². The summed E-state index contributed by atoms with van der Waals surface area (Å²) in [6.07, 6.45) is -3.94. The summed E-state index contributed by atoms with van der Waals surface area (Å²) < 4.78 is 37.5. The summed E-state index contributed by atoms with van der Waals surface area (Å²) in [6, 6.07) is 6.13. The Morgan fingerprint density at radius 2 is 1.97 bits per heavy atom. The van der Waals surface area contributed by atoms with Gasteiger partial charge in [-0.3, -0.25) is 4.79 Å². The van der Waals surface area contributed by atoms with Gasteiger partial charge < -0.3 is 25.4 Å². The van der Waals surface area contributed by atoms with Crippen molar-refractivity contribution >= 4 is 28.3 Å². The number of alkyl halides is 3. The predicted molar refractivity (Wildman–Crippen MR) is 122 cm³/mol. The maximum atomic E-state index is 12.8. The molecule has 1 saturated heterocycles. The van der Waals surface area contributed by atoms with E-state index in [4.69, 9.17) is 14.6 Å². The summed E-state index contributed by atoms with van der Waals surface area (Å²) in [5.41, 5.74) is 3.12. The number of carboxylic acids is 1. The topological polar surface area (TPSA) is 104 Å². The minimum atomic E-state index is -5.08. The molecular formula is C22H27F3N4O4S. The van der Waals surface area contributed by atoms with Crippen molar-refractivity contribution in [2.45, 2.75) is 45.5 Å². The van der Waals surface area contributed by atoms with Crippen LogP contribution in [0.2, 0.25) is 0 Å². The van der Waals surface area contributed by atoms with Gasteiger partial charge in [-0.1, -0.05) is 17.4 Å². The zero-order chi connectivity index (χ0) is 25.0. The molecule has 2 aliphatic rings. The normalized spacial score (nSPS) is 18.3. The Kier molecular flexibility index (Phi) is 8.03. The number of thiazole rings is 1. The molecule has 0 saturated carbocycles. The SMILES string of the molecule is Cc1nc(N2CCNCC2)sc1C(=O)N[C@@H](C)c1ccc2c(c1)CC(C)O2.O=C(O)C(F)(F)F. The lowest BCUT2D eigenvalue weighted by Crippen LogP contribution is -2.43. The number of hydrogen-bond acceptors (Lipinski definition) is 7. The highest BCUT2D eigenvalue weighted by Gasteiger charge is 2.38. The first kappa shape index (κ1) is 25.8. The lowest BCUT2D eigenvalue weighted by atomic mass is 10.0. The van der Waals surface area contributed by atoms with Crippen molar-refractivity contribution < 1.29 is 32.6 Å². The number of aromatic nitrogens is 1. The van der Waals surface area contributed by atoms with Gasteiger partial charge in [0.05, 0.1) is 11.7 Å². The van der Waals surface area contributed by atoms with Gasteiger partial charge in [0, 0.05) is 32.6 Å². The number of carbonyl (C=O) groups is 2. The highest BCUT2D eigenvalue weighted by Crippen LogP contribution is 2.32. The second-order valence-corrected chi connectivity index (χ2v) is 9.12. The van der Waals surface area contributed by atoms with E-state index in [0.717, 1.165) is 54.7 Å². The third-order valence-electron chi connectivity index (χ3n) is 5.39. The molecule has 3 heterocycles. The third-order valence-corrected chi connectivity index (χ3v) is 6.61. The van der Waals surface area contributed by atoms with Crippen LogP contribution in [0, 0.1) is 6.92 Å². The number of hydrogen-bond donors (Lipinski definition) is 3. The number of benzene rings is 1. The largest absolute Gasteiger partial charge is 0.490 e. The van der Waals surface area contributed by atoms with Crippen LogP contribution in [-0.4, -0.2) is 60.4 Å². The van der Waals surface area contributed by atoms with Gasteiger partial charge >= 0.3 is 12.1 Å². The van der Waals surface area contributed by atoms with Gasteiger partial charge in [0.15, 0.2) is 5.13 Å². The Bertz CT molecular complexity index is 1040. The van der Waals surface area contributed by atoms with E-state index in [1.165, 1.54) is 16.9 Å². The molecule has 34 heavy (non-hydrogen) atoms. The summed E-state index contributed by atoms with van der Waals surface area (Å²) in [5, 5.41) is 14.5. The Morgan fingerprint density at radius 3 is 2.59 bits per heavy atom. The van der Waals surface area contributed by atoms with Crippen molar-refractivity contribution in [3.63, 3.8) is 0 Å². The number of carbonyl (C=O) groups excluding carboxylic acids is 1. The van der Waals surface area contributed by atoms with Gasteiger partial charge in [0.2, 0.25) is 0 Å². The van der Waals surface area contributed by atoms with Crippen LogP contribution < -0.4 is 20.3 Å². The Balaban J connectivity index is 0.000000406. The molecule has 1 aromatic heterocycles. The van der Waals surface area contributed by atoms with Crippen molar-refractivity contribution in [2.24, 2.45) is 0 Å². The van der Waals surface area contributed by atoms with E-state index in [0.29, 0.717) is 4.88 Å². The average Bonchev–Trinajstić information content (AvgIpc) is 3.35. The van der Waals surface area contributed by atoms with E-state index < -0.39 is 12.1 Å². The average molecular weight is 501 g/mol. The lowest BCUT2D eigenvalue weighted by molar-refractivity contribution is -0.192. The number of carboxylic acid groups (broad SMARTS) is 1. The van der Waals surface area contributed by atoms with Gasteiger partial charge in [-0.05, 0) is 44.0 Å². The number of ether oxygens (including phenoxy) is 1. The minimum Gasteiger partial charge on any atom is -0.490 e. The van der Waals surface area contributed by atoms with Crippen molar-refractivity contribution in [3.05, 3.63) is 39.9 Å². The van der Waals surface area contributed by atoms with Crippen LogP contribution in [0.5, 0.6) is 5.75 Å². The molecule has 2 aromatic rings. The van der Waals surface area contributed by atoms with E-state index in [1.807, 2.05) is 26.0 Å². The predicted octanol–water partition coefficient (Wildman–Crippen LogP) is 3.31. The first-order valence-corrected chi connectivity index (χ1v) is 11.6. The second-order valence-electron chi connectivity index (χ2n) is 8.15. The zero-order valence-electron chi connectivity index (χ0n) is 19.0. The highest BCUT2D eigenvalue weighted by atomic mass is 32.1. The maximum Gasteiger partial charge on any atom is 0.490 e. The standard InChI is InChI=1S/C20H26N4O2S.C2HF3O2/c1-12-10-16-11-15(4-5-17(16)26-12)13(2)22-19(25)18-14(3)23-20(27-18)24-8-6-21-7-9-24;3-2(4,5)1(6)7/h4-5,11-13,21H,6-10H2,1-3H3,(H,22,25);(H,6,7)/t12?,13-;/m0./s1. The van der Waals surface area contributed by atoms with E-state index >= 15 is 0 Å². The van der Waals surface area contributed by atoms with Gasteiger partial charge in [0.25, 0.3) is 5.91 Å². The van der Waals surface area contributed by atoms with Gasteiger partial charge in [0.1, 0.15) is 16.7 Å². The summed E-state index contributed by atoms with van der Waals surface area (Å²) in [5.74, 6) is -1.85. The van der Waals surface area contributed by atoms with Gasteiger partial charge in [-0.25, -0.2) is 9.78 Å². The molecule has 2 aliphatic heterocycles. The second kappa shape index (κ2) is 10.6. The Morgan fingerprint density at radius 1 is 1.32 bits per heavy atom. The van der Waals surface area contributed by atoms with Crippen LogP contribution in [0.4, 0.5) is 18.3 Å². The molecule has 0 bridgehead atoms. The van der Waals surface area contributed by atoms with E-state index in [9.17, 15) is 18.0 Å². The first-order valence-electron chi connectivity index (χ1n) is 10.8. The summed E-state index contributed by atoms with van der Waals surface area (Å²) in [4.78, 5) is 29.3. The molecular weight excluding hydrogens is 473 g/mol. The van der Waals surface area contributed by atoms with Crippen molar-refractivity contribution in [1.29, 1.82) is 0 Å². The van der Waals surface area contributed by atoms with Crippen LogP contribution in [0.1, 0.15) is 46.4 Å². The van der Waals surface area contributed by atoms with E-state index in [1.54, 1.807) is 0 Å². The number of nitrogens with one attached hydrogen (secondary N) is 2. The number of halogens is 3. The van der Waals surface area contributed by atoms with Crippen LogP contribution >= 0.6 is 11.3 Å². The molecule has 2 atom stereocenters. The number of amides is 1. The van der Waals surface area contributed by atoms with Crippen LogP contribution in [0.3, 0.4) is 0 Å². The number of aryl methyl sites for hydroxylation is 1. The first-order chi connectivity index (χ1) is 16.0. The monoisotopic (exact) mass is 500 g/mol. The fourth-order valence-electron chi connectivity index (χ4n) is 3.64. The molecule has 8 nitrogen and oxygen atoms in total. The minimum absolute atomic E-state index is 0.0519. The molecule has 1 aromatic carbocycles. The number of aliphatic carboxylic acids is 1. The Hall–Kier alpha value is -2.86. The van der Waals surface area contributed by atoms with Crippen molar-refractivity contribution in [2.75, 3.05) is 31.1 Å². The fourth-order valence-corrected chi connectivity index (χ4v) is 4.66. The van der Waals surface area contributed by atoms with E-state index in [2.05, 4.69) is 33.5 Å². The molecule has 3 N–H and O–H groups in total. The maximum absolute atomic E-state index is 12.8. The lowest BCUT2D eigenvalue weighted by Gasteiger charge is -2.26. The number of fused-ring (bicyclic) bond motifs is 1. The quantitative estimate of drug-likeness (QED) is 0.592. The van der Waals surface area contributed by atoms with Crippen LogP contribution in [0.15, 0.2) is 18.2 Å². The third kappa shape index (κ3) is 6.38. The van der Waals surface area contributed by atoms with Crippen molar-refractivity contribution in [3.8, 4) is 5.75 Å². The molecule has 0 aliphatic carbocycles. The number of anilines is 1. The molecule has 186 valence electrons. The molecule has 0 spiro atoms. The number of rotatable bonds is 4. The van der Waals surface area contributed by atoms with Crippen LogP contribution in [0.25, 0.3) is 0 Å². The fraction of sp³-hybridized carbons (Fsp3) is 0.500. The van der Waals surface area contributed by atoms with Crippen molar-refractivity contribution in [1.82, 2.24) is 15.6 Å². The van der Waals surface area contributed by atoms with Gasteiger partial charge in [-0.2, -0.15) is 13.2 Å². The van der Waals surface area contributed by atoms with Gasteiger partial charge in [-0.15, -0.1) is 0 Å². The smallest absolute Gasteiger partial charge is 0.490 e. The summed E-state index contributed by atoms with van der Waals surface area (Å²) >= 11 is 1.49. The molecule has 0 radical (unpaired) electrons. The summed E-state index contributed by atoms with van der Waals surface area (Å²) in [6.45, 7) is 9.78. The zero-order valence-corrected chi connectivity index (χ0v) is 19.8. The molecule has 1 amide bonds. The molecule has 12 heteroatoms. The molecule has 4 rings (SSSR count). The van der Waals surface area contributed by atoms with E-state index in [-0.39, 0.29) is 18.1 Å². The summed E-state index contributed by atoms with van der Waals surface area (Å²) in [7, 11) is 0. The number of piperazine rings is 1. The highest BCUT2D eigenvalue weighted by molar-refractivity contribution is 7.17. The number of nitrogens with zero attached hydrogens (tertiary/aromatic N) is 2. The molecule has 1 unspecified atom stereocenters. The molecule has 1 fully saturated rings. The van der Waals surface area contributed by atoms with Crippen LogP contribution in [-0.2, 0) is 11.2 Å².